The summed E-state index contributed by atoms with van der Waals surface area (Å²) in [4.78, 5) is 37.9. The number of benzene rings is 2. The minimum absolute atomic E-state index is 0.221. The van der Waals surface area contributed by atoms with Gasteiger partial charge in [-0.2, -0.15) is 0 Å². The quantitative estimate of drug-likeness (QED) is 0.106. The number of hydrogen-bond donors (Lipinski definition) is 0. The molecule has 0 aliphatic rings. The Hall–Kier alpha value is -3.87. The first-order valence-electron chi connectivity index (χ1n) is 12.9. The Bertz CT molecular complexity index is 1240. The van der Waals surface area contributed by atoms with Gasteiger partial charge in [-0.05, 0) is 104 Å². The molecule has 210 valence electrons. The van der Waals surface area contributed by atoms with Crippen LogP contribution in [-0.2, 0) is 16.0 Å². The van der Waals surface area contributed by atoms with E-state index in [4.69, 9.17) is 18.9 Å². The average Bonchev–Trinajstić information content (AvgIpc) is 2.83. The molecule has 0 atom stereocenters. The van der Waals surface area contributed by atoms with Crippen molar-refractivity contribution >= 4 is 23.8 Å². The summed E-state index contributed by atoms with van der Waals surface area (Å²) in [7, 11) is 1.47. The van der Waals surface area contributed by atoms with Crippen molar-refractivity contribution in [1.82, 2.24) is 0 Å². The zero-order chi connectivity index (χ0) is 29.5. The van der Waals surface area contributed by atoms with Crippen LogP contribution in [0.5, 0.6) is 23.0 Å². The van der Waals surface area contributed by atoms with Gasteiger partial charge < -0.3 is 18.9 Å². The molecule has 7 heteroatoms. The van der Waals surface area contributed by atoms with Gasteiger partial charge in [-0.15, -0.1) is 6.58 Å². The van der Waals surface area contributed by atoms with Gasteiger partial charge in [-0.3, -0.25) is 14.4 Å². The fraction of sp³-hybridized carbons (Fsp3) is 0.406. The summed E-state index contributed by atoms with van der Waals surface area (Å²) in [6, 6.07) is 8.17. The number of ether oxygens (including phenoxy) is 4. The molecule has 39 heavy (non-hydrogen) atoms. The van der Waals surface area contributed by atoms with Gasteiger partial charge in [-0.25, -0.2) is 0 Å². The van der Waals surface area contributed by atoms with Gasteiger partial charge in [0.25, 0.3) is 0 Å². The number of rotatable bonds is 10. The number of esters is 2. The van der Waals surface area contributed by atoms with E-state index in [9.17, 15) is 14.4 Å². The van der Waals surface area contributed by atoms with E-state index in [0.717, 1.165) is 0 Å². The highest BCUT2D eigenvalue weighted by Gasteiger charge is 2.29. The highest BCUT2D eigenvalue weighted by Crippen LogP contribution is 2.45. The summed E-state index contributed by atoms with van der Waals surface area (Å²) in [6.07, 6.45) is 4.93. The maximum absolute atomic E-state index is 13.0. The van der Waals surface area contributed by atoms with E-state index in [-0.39, 0.29) is 29.4 Å². The molecule has 2 rings (SSSR count). The standard InChI is InChI=1S/C32H40O7/c1-11-12-22-19-23(26(37-20(2)3)28(36-10)27(22)39-30(35)32(7,8)9)15-18-25(33)21-13-16-24(17-14-21)38-29(34)31(4,5)6/h11,13-20H,1,12H2,2-10H3. The molecule has 0 saturated carbocycles. The number of methoxy groups -OCH3 is 1. The molecule has 0 radical (unpaired) electrons. The van der Waals surface area contributed by atoms with E-state index in [0.29, 0.717) is 34.6 Å². The molecule has 7 nitrogen and oxygen atoms in total. The van der Waals surface area contributed by atoms with Crippen LogP contribution in [0.15, 0.2) is 49.1 Å². The molecule has 0 heterocycles. The third-order valence-electron chi connectivity index (χ3n) is 5.40. The summed E-state index contributed by atoms with van der Waals surface area (Å²) in [5, 5.41) is 0. The van der Waals surface area contributed by atoms with Crippen molar-refractivity contribution in [2.75, 3.05) is 7.11 Å². The van der Waals surface area contributed by atoms with Crippen molar-refractivity contribution in [3.63, 3.8) is 0 Å². The van der Waals surface area contributed by atoms with Gasteiger partial charge in [0.05, 0.1) is 24.0 Å². The van der Waals surface area contributed by atoms with E-state index >= 15 is 0 Å². The fourth-order valence-corrected chi connectivity index (χ4v) is 3.24. The first-order valence-corrected chi connectivity index (χ1v) is 12.9. The predicted octanol–water partition coefficient (Wildman–Crippen LogP) is 7.01. The Morgan fingerprint density at radius 2 is 1.44 bits per heavy atom. The summed E-state index contributed by atoms with van der Waals surface area (Å²) >= 11 is 0. The average molecular weight is 537 g/mol. The number of ketones is 1. The summed E-state index contributed by atoms with van der Waals surface area (Å²) < 4.78 is 22.9. The molecular weight excluding hydrogens is 496 g/mol. The Morgan fingerprint density at radius 1 is 0.872 bits per heavy atom. The Morgan fingerprint density at radius 3 is 1.92 bits per heavy atom. The topological polar surface area (TPSA) is 88.1 Å². The largest absolute Gasteiger partial charge is 0.490 e. The van der Waals surface area contributed by atoms with Crippen LogP contribution in [0, 0.1) is 10.8 Å². The highest BCUT2D eigenvalue weighted by molar-refractivity contribution is 6.07. The summed E-state index contributed by atoms with van der Waals surface area (Å²) in [5.41, 5.74) is 0.284. The SMILES string of the molecule is C=CCc1cc(C=CC(=O)c2ccc(OC(=O)C(C)(C)C)cc2)c(OC(C)C)c(OC)c1OC(=O)C(C)(C)C. The van der Waals surface area contributed by atoms with E-state index in [1.807, 2.05) is 13.8 Å². The maximum atomic E-state index is 13.0. The van der Waals surface area contributed by atoms with Crippen LogP contribution in [0.2, 0.25) is 0 Å². The van der Waals surface area contributed by atoms with Crippen molar-refractivity contribution in [3.8, 4) is 23.0 Å². The van der Waals surface area contributed by atoms with Crippen molar-refractivity contribution < 1.29 is 33.3 Å². The normalized spacial score (nSPS) is 11.8. The first kappa shape index (κ1) is 31.3. The van der Waals surface area contributed by atoms with Crippen LogP contribution in [0.3, 0.4) is 0 Å². The van der Waals surface area contributed by atoms with Gasteiger partial charge in [-0.1, -0.05) is 6.08 Å². The molecule has 0 aliphatic heterocycles. The Balaban J connectivity index is 2.48. The van der Waals surface area contributed by atoms with Crippen LogP contribution in [0.1, 0.15) is 76.9 Å². The lowest BCUT2D eigenvalue weighted by molar-refractivity contribution is -0.143. The second-order valence-corrected chi connectivity index (χ2v) is 11.5. The van der Waals surface area contributed by atoms with Crippen molar-refractivity contribution in [1.29, 1.82) is 0 Å². The first-order chi connectivity index (χ1) is 18.1. The highest BCUT2D eigenvalue weighted by atomic mass is 16.6. The van der Waals surface area contributed by atoms with Crippen LogP contribution in [0.25, 0.3) is 6.08 Å². The van der Waals surface area contributed by atoms with Gasteiger partial charge in [0.15, 0.2) is 17.3 Å². The molecule has 2 aromatic rings. The molecular formula is C32H40O7. The minimum atomic E-state index is -0.735. The molecule has 0 N–H and O–H groups in total. The molecule has 0 spiro atoms. The molecule has 0 amide bonds. The van der Waals surface area contributed by atoms with Crippen molar-refractivity contribution in [3.05, 3.63) is 65.8 Å². The summed E-state index contributed by atoms with van der Waals surface area (Å²) in [6.45, 7) is 18.2. The lowest BCUT2D eigenvalue weighted by Crippen LogP contribution is -2.26. The number of allylic oxidation sites excluding steroid dienone is 2. The second-order valence-electron chi connectivity index (χ2n) is 11.5. The van der Waals surface area contributed by atoms with E-state index < -0.39 is 16.8 Å². The number of hydrogen-bond acceptors (Lipinski definition) is 7. The van der Waals surface area contributed by atoms with Gasteiger partial charge in [0.2, 0.25) is 5.75 Å². The lowest BCUT2D eigenvalue weighted by Gasteiger charge is -2.23. The van der Waals surface area contributed by atoms with Gasteiger partial charge >= 0.3 is 11.9 Å². The smallest absolute Gasteiger partial charge is 0.316 e. The van der Waals surface area contributed by atoms with Gasteiger partial charge in [0, 0.05) is 16.7 Å². The second kappa shape index (κ2) is 12.8. The molecule has 0 aliphatic carbocycles. The van der Waals surface area contributed by atoms with E-state index in [1.165, 1.54) is 13.2 Å². The third kappa shape index (κ3) is 8.57. The monoisotopic (exact) mass is 536 g/mol. The molecule has 0 aromatic heterocycles. The number of carbonyl (C=O) groups is 3. The maximum Gasteiger partial charge on any atom is 0.316 e. The Kier molecular flexibility index (Phi) is 10.3. The van der Waals surface area contributed by atoms with Crippen LogP contribution in [0.4, 0.5) is 0 Å². The number of carbonyl (C=O) groups excluding carboxylic acids is 3. The fourth-order valence-electron chi connectivity index (χ4n) is 3.24. The zero-order valence-corrected chi connectivity index (χ0v) is 24.5. The van der Waals surface area contributed by atoms with Crippen molar-refractivity contribution in [2.24, 2.45) is 10.8 Å². The summed E-state index contributed by atoms with van der Waals surface area (Å²) in [5.74, 6) is 0.200. The van der Waals surface area contributed by atoms with E-state index in [1.54, 1.807) is 84.0 Å². The zero-order valence-electron chi connectivity index (χ0n) is 24.5. The van der Waals surface area contributed by atoms with Crippen molar-refractivity contribution in [2.45, 2.75) is 67.9 Å². The minimum Gasteiger partial charge on any atom is -0.490 e. The van der Waals surface area contributed by atoms with Crippen LogP contribution in [-0.4, -0.2) is 30.9 Å². The van der Waals surface area contributed by atoms with Gasteiger partial charge in [0.1, 0.15) is 5.75 Å². The van der Waals surface area contributed by atoms with Crippen LogP contribution < -0.4 is 18.9 Å². The molecule has 0 saturated heterocycles. The van der Waals surface area contributed by atoms with Crippen LogP contribution >= 0.6 is 0 Å². The Labute approximate surface area is 231 Å². The lowest BCUT2D eigenvalue weighted by atomic mass is 9.97. The molecule has 0 bridgehead atoms. The molecule has 2 aromatic carbocycles. The molecule has 0 unspecified atom stereocenters. The third-order valence-corrected chi connectivity index (χ3v) is 5.40. The predicted molar refractivity (Wildman–Crippen MR) is 153 cm³/mol. The van der Waals surface area contributed by atoms with E-state index in [2.05, 4.69) is 6.58 Å². The molecule has 0 fully saturated rings.